The first kappa shape index (κ1) is 16.5. The molecule has 2 atom stereocenters. The number of carbonyl (C=O) groups is 2. The maximum absolute atomic E-state index is 13.6. The monoisotopic (exact) mass is 307 g/mol. The highest BCUT2D eigenvalue weighted by atomic mass is 19.1. The van der Waals surface area contributed by atoms with Crippen LogP contribution in [0.1, 0.15) is 38.7 Å². The molecule has 5 heteroatoms. The lowest BCUT2D eigenvalue weighted by Crippen LogP contribution is -2.52. The maximum Gasteiger partial charge on any atom is 0.329 e. The number of likely N-dealkylation sites (tertiary alicyclic amines) is 1. The molecule has 0 bridgehead atoms. The lowest BCUT2D eigenvalue weighted by molar-refractivity contribution is -0.156. The third-order valence-corrected chi connectivity index (χ3v) is 4.59. The molecule has 1 aromatic rings. The Hall–Kier alpha value is -1.91. The summed E-state index contributed by atoms with van der Waals surface area (Å²) in [5, 5.41) is 9.37. The number of hydrogen-bond acceptors (Lipinski definition) is 2. The second kappa shape index (κ2) is 6.46. The van der Waals surface area contributed by atoms with Crippen LogP contribution < -0.4 is 0 Å². The van der Waals surface area contributed by atoms with Gasteiger partial charge in [-0.2, -0.15) is 0 Å². The summed E-state index contributed by atoms with van der Waals surface area (Å²) < 4.78 is 13.6. The number of carboxylic acids is 1. The number of carboxylic acid groups (broad SMARTS) is 1. The van der Waals surface area contributed by atoms with E-state index in [0.29, 0.717) is 37.8 Å². The van der Waals surface area contributed by atoms with Crippen molar-refractivity contribution >= 4 is 11.9 Å². The number of hydrogen-bond donors (Lipinski definition) is 1. The summed E-state index contributed by atoms with van der Waals surface area (Å²) in [6.45, 7) is 3.86. The van der Waals surface area contributed by atoms with E-state index in [2.05, 4.69) is 0 Å². The Labute approximate surface area is 129 Å². The Morgan fingerprint density at radius 2 is 2.09 bits per heavy atom. The van der Waals surface area contributed by atoms with Crippen LogP contribution in [0.3, 0.4) is 0 Å². The largest absolute Gasteiger partial charge is 0.480 e. The molecule has 2 rings (SSSR count). The first-order valence-corrected chi connectivity index (χ1v) is 7.64. The Kier molecular flexibility index (Phi) is 4.84. The summed E-state index contributed by atoms with van der Waals surface area (Å²) in [5.41, 5.74) is -0.520. The highest BCUT2D eigenvalue weighted by Gasteiger charge is 2.46. The van der Waals surface area contributed by atoms with Gasteiger partial charge in [0.15, 0.2) is 0 Å². The van der Waals surface area contributed by atoms with Gasteiger partial charge in [-0.15, -0.1) is 0 Å². The Balaban J connectivity index is 2.01. The molecule has 0 radical (unpaired) electrons. The molecule has 1 aliphatic rings. The number of aryl methyl sites for hydroxylation is 1. The van der Waals surface area contributed by atoms with Gasteiger partial charge in [0.2, 0.25) is 5.91 Å². The summed E-state index contributed by atoms with van der Waals surface area (Å²) in [5.74, 6) is -1.70. The number of carbonyl (C=O) groups excluding carboxylic acids is 1. The smallest absolute Gasteiger partial charge is 0.329 e. The third-order valence-electron chi connectivity index (χ3n) is 4.59. The zero-order valence-electron chi connectivity index (χ0n) is 13.0. The van der Waals surface area contributed by atoms with Crippen LogP contribution in [0.4, 0.5) is 4.39 Å². The van der Waals surface area contributed by atoms with Crippen molar-refractivity contribution < 1.29 is 19.1 Å². The number of amides is 1. The van der Waals surface area contributed by atoms with Crippen LogP contribution in [-0.2, 0) is 16.0 Å². The normalized spacial score (nSPS) is 22.6. The summed E-state index contributed by atoms with van der Waals surface area (Å²) in [6, 6.07) is 6.52. The molecule has 1 fully saturated rings. The molecule has 0 aromatic heterocycles. The predicted octanol–water partition coefficient (Wildman–Crippen LogP) is 2.86. The van der Waals surface area contributed by atoms with Gasteiger partial charge in [-0.3, -0.25) is 4.79 Å². The molecule has 22 heavy (non-hydrogen) atoms. The standard InChI is InChI=1S/C17H22FNO3/c1-12(8-9-13-6-3-4-7-14(13)18)15(20)19-11-5-10-17(19,2)16(21)22/h3-4,6-7,12H,5,8-11H2,1-2H3,(H,21,22). The molecule has 0 spiro atoms. The van der Waals surface area contributed by atoms with Gasteiger partial charge in [-0.1, -0.05) is 25.1 Å². The molecular formula is C17H22FNO3. The van der Waals surface area contributed by atoms with Crippen molar-refractivity contribution in [3.63, 3.8) is 0 Å². The van der Waals surface area contributed by atoms with E-state index < -0.39 is 11.5 Å². The van der Waals surface area contributed by atoms with Crippen LogP contribution in [0.25, 0.3) is 0 Å². The number of rotatable bonds is 5. The van der Waals surface area contributed by atoms with E-state index in [0.717, 1.165) is 0 Å². The summed E-state index contributed by atoms with van der Waals surface area (Å²) >= 11 is 0. The number of halogens is 1. The van der Waals surface area contributed by atoms with Crippen molar-refractivity contribution in [2.45, 2.75) is 45.1 Å². The topological polar surface area (TPSA) is 57.6 Å². The zero-order chi connectivity index (χ0) is 16.3. The van der Waals surface area contributed by atoms with E-state index in [1.165, 1.54) is 11.0 Å². The minimum Gasteiger partial charge on any atom is -0.480 e. The van der Waals surface area contributed by atoms with E-state index in [4.69, 9.17) is 0 Å². The molecule has 1 aromatic carbocycles. The van der Waals surface area contributed by atoms with Gasteiger partial charge < -0.3 is 10.0 Å². The number of aliphatic carboxylic acids is 1. The quantitative estimate of drug-likeness (QED) is 0.910. The summed E-state index contributed by atoms with van der Waals surface area (Å²) in [4.78, 5) is 25.5. The Morgan fingerprint density at radius 3 is 2.73 bits per heavy atom. The van der Waals surface area contributed by atoms with E-state index in [9.17, 15) is 19.1 Å². The zero-order valence-corrected chi connectivity index (χ0v) is 13.0. The van der Waals surface area contributed by atoms with E-state index >= 15 is 0 Å². The second-order valence-corrected chi connectivity index (χ2v) is 6.20. The van der Waals surface area contributed by atoms with Gasteiger partial charge in [0.25, 0.3) is 0 Å². The minimum absolute atomic E-state index is 0.154. The number of benzene rings is 1. The van der Waals surface area contributed by atoms with Gasteiger partial charge in [0.1, 0.15) is 11.4 Å². The third kappa shape index (κ3) is 3.13. The van der Waals surface area contributed by atoms with Crippen LogP contribution >= 0.6 is 0 Å². The molecule has 0 aliphatic carbocycles. The van der Waals surface area contributed by atoms with Crippen LogP contribution in [0.2, 0.25) is 0 Å². The van der Waals surface area contributed by atoms with Crippen LogP contribution in [0.15, 0.2) is 24.3 Å². The Morgan fingerprint density at radius 1 is 1.41 bits per heavy atom. The van der Waals surface area contributed by atoms with Crippen LogP contribution in [0, 0.1) is 11.7 Å². The fourth-order valence-electron chi connectivity index (χ4n) is 3.00. The second-order valence-electron chi connectivity index (χ2n) is 6.20. The van der Waals surface area contributed by atoms with E-state index in [-0.39, 0.29) is 17.6 Å². The lowest BCUT2D eigenvalue weighted by Gasteiger charge is -2.33. The molecule has 1 N–H and O–H groups in total. The van der Waals surface area contributed by atoms with E-state index in [1.54, 1.807) is 32.0 Å². The SMILES string of the molecule is CC(CCc1ccccc1F)C(=O)N1CCCC1(C)C(=O)O. The van der Waals surface area contributed by atoms with Crippen molar-refractivity contribution in [2.75, 3.05) is 6.54 Å². The van der Waals surface area contributed by atoms with Crippen molar-refractivity contribution in [1.29, 1.82) is 0 Å². The fraction of sp³-hybridized carbons (Fsp3) is 0.529. The summed E-state index contributed by atoms with van der Waals surface area (Å²) in [7, 11) is 0. The summed E-state index contributed by atoms with van der Waals surface area (Å²) in [6.07, 6.45) is 2.16. The molecule has 4 nitrogen and oxygen atoms in total. The Bertz CT molecular complexity index is 575. The highest BCUT2D eigenvalue weighted by molar-refractivity contribution is 5.88. The lowest BCUT2D eigenvalue weighted by atomic mass is 9.95. The molecule has 1 saturated heterocycles. The molecule has 2 unspecified atom stereocenters. The molecular weight excluding hydrogens is 285 g/mol. The van der Waals surface area contributed by atoms with Crippen LogP contribution in [0.5, 0.6) is 0 Å². The average molecular weight is 307 g/mol. The number of nitrogens with zero attached hydrogens (tertiary/aromatic N) is 1. The molecule has 0 saturated carbocycles. The average Bonchev–Trinajstić information content (AvgIpc) is 2.88. The van der Waals surface area contributed by atoms with Gasteiger partial charge >= 0.3 is 5.97 Å². The van der Waals surface area contributed by atoms with Crippen molar-refractivity contribution in [2.24, 2.45) is 5.92 Å². The van der Waals surface area contributed by atoms with Gasteiger partial charge in [0.05, 0.1) is 0 Å². The first-order chi connectivity index (χ1) is 10.4. The fourth-order valence-corrected chi connectivity index (χ4v) is 3.00. The molecule has 1 amide bonds. The maximum atomic E-state index is 13.6. The van der Waals surface area contributed by atoms with Gasteiger partial charge in [-0.25, -0.2) is 9.18 Å². The van der Waals surface area contributed by atoms with Gasteiger partial charge in [-0.05, 0) is 44.2 Å². The predicted molar refractivity (Wildman–Crippen MR) is 80.9 cm³/mol. The van der Waals surface area contributed by atoms with Crippen molar-refractivity contribution in [3.8, 4) is 0 Å². The highest BCUT2D eigenvalue weighted by Crippen LogP contribution is 2.31. The molecule has 120 valence electrons. The minimum atomic E-state index is -1.11. The molecule has 1 aliphatic heterocycles. The first-order valence-electron chi connectivity index (χ1n) is 7.64. The van der Waals surface area contributed by atoms with Crippen molar-refractivity contribution in [3.05, 3.63) is 35.6 Å². The van der Waals surface area contributed by atoms with Gasteiger partial charge in [0, 0.05) is 12.5 Å². The van der Waals surface area contributed by atoms with Crippen LogP contribution in [-0.4, -0.2) is 34.0 Å². The van der Waals surface area contributed by atoms with Crippen molar-refractivity contribution in [1.82, 2.24) is 4.90 Å². The molecule has 1 heterocycles. The van der Waals surface area contributed by atoms with E-state index in [1.807, 2.05) is 0 Å².